The van der Waals surface area contributed by atoms with Crippen LogP contribution in [0, 0.1) is 0 Å². The molecule has 0 heterocycles. The first-order valence-electron chi connectivity index (χ1n) is 9.19. The Balaban J connectivity index is 2.24. The van der Waals surface area contributed by atoms with Gasteiger partial charge in [0.25, 0.3) is 0 Å². The van der Waals surface area contributed by atoms with Gasteiger partial charge in [-0.05, 0) is 42.8 Å². The van der Waals surface area contributed by atoms with Crippen LogP contribution in [0.4, 0.5) is 18.9 Å². The highest BCUT2D eigenvalue weighted by atomic mass is 19.4. The van der Waals surface area contributed by atoms with E-state index in [1.165, 1.54) is 14.0 Å². The van der Waals surface area contributed by atoms with E-state index in [2.05, 4.69) is 10.6 Å². The summed E-state index contributed by atoms with van der Waals surface area (Å²) in [6.45, 7) is 3.21. The molecule has 0 aliphatic heterocycles. The SMILES string of the molecule is CCOc1ccc(C(F)(F)F)cc1NC(=O)CC(NC(C)=O)c1ccc(OC)cc1. The molecule has 0 radical (unpaired) electrons. The summed E-state index contributed by atoms with van der Waals surface area (Å²) in [5.41, 5.74) is -0.349. The van der Waals surface area contributed by atoms with Crippen molar-refractivity contribution in [2.24, 2.45) is 0 Å². The Labute approximate surface area is 172 Å². The number of carbonyl (C=O) groups is 2. The van der Waals surface area contributed by atoms with Crippen molar-refractivity contribution in [1.82, 2.24) is 5.32 Å². The summed E-state index contributed by atoms with van der Waals surface area (Å²) in [6.07, 6.45) is -4.75. The van der Waals surface area contributed by atoms with Crippen LogP contribution in [0.25, 0.3) is 0 Å². The molecule has 2 N–H and O–H groups in total. The van der Waals surface area contributed by atoms with Crippen molar-refractivity contribution in [3.63, 3.8) is 0 Å². The molecular weight excluding hydrogens is 401 g/mol. The zero-order valence-electron chi connectivity index (χ0n) is 16.8. The number of halogens is 3. The van der Waals surface area contributed by atoms with Gasteiger partial charge in [-0.25, -0.2) is 0 Å². The molecule has 0 aliphatic rings. The molecule has 2 aromatic carbocycles. The number of hydrogen-bond donors (Lipinski definition) is 2. The maximum atomic E-state index is 13.0. The molecule has 0 aliphatic carbocycles. The lowest BCUT2D eigenvalue weighted by Gasteiger charge is -2.19. The molecule has 30 heavy (non-hydrogen) atoms. The van der Waals surface area contributed by atoms with E-state index in [0.29, 0.717) is 11.3 Å². The van der Waals surface area contributed by atoms with Crippen molar-refractivity contribution in [3.8, 4) is 11.5 Å². The zero-order valence-corrected chi connectivity index (χ0v) is 16.8. The number of ether oxygens (including phenoxy) is 2. The number of nitrogens with one attached hydrogen (secondary N) is 2. The lowest BCUT2D eigenvalue weighted by atomic mass is 10.0. The van der Waals surface area contributed by atoms with Crippen molar-refractivity contribution in [3.05, 3.63) is 53.6 Å². The monoisotopic (exact) mass is 424 g/mol. The minimum atomic E-state index is -4.56. The number of hydrogen-bond acceptors (Lipinski definition) is 4. The first-order chi connectivity index (χ1) is 14.1. The van der Waals surface area contributed by atoms with Crippen LogP contribution in [-0.4, -0.2) is 25.5 Å². The number of anilines is 1. The largest absolute Gasteiger partial charge is 0.497 e. The number of methoxy groups -OCH3 is 1. The topological polar surface area (TPSA) is 76.7 Å². The van der Waals surface area contributed by atoms with E-state index in [1.54, 1.807) is 31.2 Å². The summed E-state index contributed by atoms with van der Waals surface area (Å²) in [4.78, 5) is 24.2. The molecule has 0 fully saturated rings. The molecule has 0 saturated carbocycles. The molecule has 1 unspecified atom stereocenters. The fourth-order valence-corrected chi connectivity index (χ4v) is 2.81. The maximum Gasteiger partial charge on any atom is 0.416 e. The van der Waals surface area contributed by atoms with Crippen LogP contribution in [-0.2, 0) is 15.8 Å². The van der Waals surface area contributed by atoms with E-state index < -0.39 is 23.7 Å². The standard InChI is InChI=1S/C21H23F3N2O4/c1-4-30-19-10-7-15(21(22,23)24)11-18(19)26-20(28)12-17(25-13(2)27)14-5-8-16(29-3)9-6-14/h5-11,17H,4,12H2,1-3H3,(H,25,27)(H,26,28). The van der Waals surface area contributed by atoms with Gasteiger partial charge in [-0.15, -0.1) is 0 Å². The van der Waals surface area contributed by atoms with Gasteiger partial charge in [-0.2, -0.15) is 13.2 Å². The average molecular weight is 424 g/mol. The van der Waals surface area contributed by atoms with Crippen molar-refractivity contribution in [2.45, 2.75) is 32.5 Å². The van der Waals surface area contributed by atoms with E-state index in [0.717, 1.165) is 18.2 Å². The molecule has 2 rings (SSSR count). The van der Waals surface area contributed by atoms with Gasteiger partial charge in [0.2, 0.25) is 11.8 Å². The van der Waals surface area contributed by atoms with Crippen LogP contribution in [0.3, 0.4) is 0 Å². The summed E-state index contributed by atoms with van der Waals surface area (Å²) in [6, 6.07) is 8.96. The summed E-state index contributed by atoms with van der Waals surface area (Å²) in [5.74, 6) is -0.197. The minimum absolute atomic E-state index is 0.0898. The number of amides is 2. The predicted molar refractivity (Wildman–Crippen MR) is 105 cm³/mol. The van der Waals surface area contributed by atoms with E-state index in [-0.39, 0.29) is 30.4 Å². The van der Waals surface area contributed by atoms with Crippen molar-refractivity contribution in [1.29, 1.82) is 0 Å². The molecule has 0 aromatic heterocycles. The third kappa shape index (κ3) is 6.40. The van der Waals surface area contributed by atoms with Crippen LogP contribution < -0.4 is 20.1 Å². The smallest absolute Gasteiger partial charge is 0.416 e. The minimum Gasteiger partial charge on any atom is -0.497 e. The highest BCUT2D eigenvalue weighted by Crippen LogP contribution is 2.35. The van der Waals surface area contributed by atoms with Gasteiger partial charge >= 0.3 is 6.18 Å². The first-order valence-corrected chi connectivity index (χ1v) is 9.19. The predicted octanol–water partition coefficient (Wildman–Crippen LogP) is 4.32. The van der Waals surface area contributed by atoms with Gasteiger partial charge in [-0.1, -0.05) is 12.1 Å². The first kappa shape index (κ1) is 23.1. The number of benzene rings is 2. The summed E-state index contributed by atoms with van der Waals surface area (Å²) in [5, 5.41) is 5.14. The van der Waals surface area contributed by atoms with Gasteiger partial charge in [0.15, 0.2) is 0 Å². The Morgan fingerprint density at radius 2 is 1.77 bits per heavy atom. The fraction of sp³-hybridized carbons (Fsp3) is 0.333. The molecule has 1 atom stereocenters. The molecule has 6 nitrogen and oxygen atoms in total. The Morgan fingerprint density at radius 1 is 1.10 bits per heavy atom. The lowest BCUT2D eigenvalue weighted by molar-refractivity contribution is -0.137. The molecule has 0 saturated heterocycles. The number of alkyl halides is 3. The molecule has 162 valence electrons. The fourth-order valence-electron chi connectivity index (χ4n) is 2.81. The van der Waals surface area contributed by atoms with Crippen LogP contribution in [0.2, 0.25) is 0 Å². The van der Waals surface area contributed by atoms with Crippen molar-refractivity contribution >= 4 is 17.5 Å². The van der Waals surface area contributed by atoms with Gasteiger partial charge in [0.1, 0.15) is 11.5 Å². The second-order valence-electron chi connectivity index (χ2n) is 6.42. The Bertz CT molecular complexity index is 883. The van der Waals surface area contributed by atoms with Crippen molar-refractivity contribution in [2.75, 3.05) is 19.0 Å². The molecular formula is C21H23F3N2O4. The van der Waals surface area contributed by atoms with Crippen LogP contribution in [0.5, 0.6) is 11.5 Å². The van der Waals surface area contributed by atoms with Gasteiger partial charge < -0.3 is 20.1 Å². The third-order valence-corrected chi connectivity index (χ3v) is 4.17. The van der Waals surface area contributed by atoms with Crippen LogP contribution >= 0.6 is 0 Å². The van der Waals surface area contributed by atoms with Gasteiger partial charge in [0, 0.05) is 6.92 Å². The zero-order chi connectivity index (χ0) is 22.3. The molecule has 2 amide bonds. The highest BCUT2D eigenvalue weighted by Gasteiger charge is 2.31. The average Bonchev–Trinajstić information content (AvgIpc) is 2.68. The molecule has 0 spiro atoms. The second-order valence-corrected chi connectivity index (χ2v) is 6.42. The normalized spacial score (nSPS) is 12.1. The van der Waals surface area contributed by atoms with E-state index in [1.807, 2.05) is 0 Å². The van der Waals surface area contributed by atoms with Crippen LogP contribution in [0.15, 0.2) is 42.5 Å². The Morgan fingerprint density at radius 3 is 2.30 bits per heavy atom. The number of carbonyl (C=O) groups excluding carboxylic acids is 2. The summed E-state index contributed by atoms with van der Waals surface area (Å²) < 4.78 is 49.6. The molecule has 9 heteroatoms. The highest BCUT2D eigenvalue weighted by molar-refractivity contribution is 5.93. The number of rotatable bonds is 8. The quantitative estimate of drug-likeness (QED) is 0.662. The Hall–Kier alpha value is -3.23. The van der Waals surface area contributed by atoms with Gasteiger partial charge in [0.05, 0.1) is 37.4 Å². The summed E-state index contributed by atoms with van der Waals surface area (Å²) >= 11 is 0. The maximum absolute atomic E-state index is 13.0. The molecule has 2 aromatic rings. The van der Waals surface area contributed by atoms with Crippen LogP contribution in [0.1, 0.15) is 37.4 Å². The van der Waals surface area contributed by atoms with E-state index in [9.17, 15) is 22.8 Å². The van der Waals surface area contributed by atoms with Crippen molar-refractivity contribution < 1.29 is 32.2 Å². The summed E-state index contributed by atoms with van der Waals surface area (Å²) in [7, 11) is 1.51. The Kier molecular flexibility index (Phi) is 7.68. The molecule has 0 bridgehead atoms. The second kappa shape index (κ2) is 10.00. The van der Waals surface area contributed by atoms with E-state index in [4.69, 9.17) is 9.47 Å². The van der Waals surface area contributed by atoms with E-state index >= 15 is 0 Å². The third-order valence-electron chi connectivity index (χ3n) is 4.17. The van der Waals surface area contributed by atoms with Gasteiger partial charge in [-0.3, -0.25) is 9.59 Å². The lowest BCUT2D eigenvalue weighted by Crippen LogP contribution is -2.29.